The van der Waals surface area contributed by atoms with Crippen LogP contribution in [0.4, 0.5) is 0 Å². The van der Waals surface area contributed by atoms with Crippen LogP contribution in [-0.2, 0) is 4.79 Å². The summed E-state index contributed by atoms with van der Waals surface area (Å²) in [5.41, 5.74) is 0.441. The van der Waals surface area contributed by atoms with Gasteiger partial charge in [-0.25, -0.2) is 0 Å². The van der Waals surface area contributed by atoms with Gasteiger partial charge in [0.05, 0.1) is 10.9 Å². The molecule has 2 atom stereocenters. The van der Waals surface area contributed by atoms with Gasteiger partial charge in [-0.2, -0.15) is 0 Å². The zero-order chi connectivity index (χ0) is 15.4. The van der Waals surface area contributed by atoms with Gasteiger partial charge in [-0.3, -0.25) is 9.59 Å². The fraction of sp³-hybridized carbons (Fsp3) is 0.467. The molecular formula is C15H17BrClNO3. The van der Waals surface area contributed by atoms with Gasteiger partial charge in [0.15, 0.2) is 0 Å². The molecule has 1 saturated carbocycles. The molecule has 4 nitrogen and oxygen atoms in total. The highest BCUT2D eigenvalue weighted by atomic mass is 79.9. The lowest BCUT2D eigenvalue weighted by Crippen LogP contribution is -2.42. The summed E-state index contributed by atoms with van der Waals surface area (Å²) in [6, 6.07) is 4.63. The third-order valence-corrected chi connectivity index (χ3v) is 5.06. The van der Waals surface area contributed by atoms with Crippen molar-refractivity contribution in [2.45, 2.75) is 38.1 Å². The first-order valence-corrected chi connectivity index (χ1v) is 8.15. The fourth-order valence-electron chi connectivity index (χ4n) is 2.67. The minimum absolute atomic E-state index is 0.275. The van der Waals surface area contributed by atoms with E-state index in [9.17, 15) is 14.7 Å². The number of nitrogens with one attached hydrogen (secondary N) is 1. The summed E-state index contributed by atoms with van der Waals surface area (Å²) in [6.45, 7) is 0. The Balaban J connectivity index is 2.12. The molecule has 0 radical (unpaired) electrons. The topological polar surface area (TPSA) is 66.4 Å². The lowest BCUT2D eigenvalue weighted by molar-refractivity contribution is -0.142. The van der Waals surface area contributed by atoms with Crippen LogP contribution in [0.25, 0.3) is 0 Å². The normalized spacial score (nSPS) is 22.4. The smallest absolute Gasteiger partial charge is 0.308 e. The molecule has 21 heavy (non-hydrogen) atoms. The maximum Gasteiger partial charge on any atom is 0.308 e. The molecule has 1 fully saturated rings. The van der Waals surface area contributed by atoms with Crippen molar-refractivity contribution in [1.82, 2.24) is 5.32 Å². The second-order valence-corrected chi connectivity index (χ2v) is 6.55. The molecule has 0 heterocycles. The van der Waals surface area contributed by atoms with E-state index in [4.69, 9.17) is 11.6 Å². The predicted octanol–water partition coefficient (Wildman–Crippen LogP) is 3.87. The fourth-order valence-corrected chi connectivity index (χ4v) is 3.09. The highest BCUT2D eigenvalue weighted by Gasteiger charge is 2.30. The lowest BCUT2D eigenvalue weighted by Gasteiger charge is -2.23. The minimum Gasteiger partial charge on any atom is -0.481 e. The van der Waals surface area contributed by atoms with Gasteiger partial charge in [-0.1, -0.05) is 30.9 Å². The summed E-state index contributed by atoms with van der Waals surface area (Å²) >= 11 is 9.26. The van der Waals surface area contributed by atoms with Gasteiger partial charge in [0.2, 0.25) is 0 Å². The molecule has 0 bridgehead atoms. The number of carboxylic acid groups (broad SMARTS) is 1. The molecule has 114 valence electrons. The zero-order valence-corrected chi connectivity index (χ0v) is 13.8. The quantitative estimate of drug-likeness (QED) is 0.789. The van der Waals surface area contributed by atoms with E-state index in [1.165, 1.54) is 0 Å². The number of halogens is 2. The number of carboxylic acids is 1. The van der Waals surface area contributed by atoms with E-state index in [0.29, 0.717) is 23.4 Å². The van der Waals surface area contributed by atoms with Crippen LogP contribution in [0.1, 0.15) is 42.5 Å². The van der Waals surface area contributed by atoms with Crippen molar-refractivity contribution >= 4 is 39.4 Å². The molecule has 0 spiro atoms. The van der Waals surface area contributed by atoms with E-state index in [0.717, 1.165) is 23.7 Å². The van der Waals surface area contributed by atoms with Gasteiger partial charge in [-0.05, 0) is 47.0 Å². The average Bonchev–Trinajstić information content (AvgIpc) is 2.67. The largest absolute Gasteiger partial charge is 0.481 e. The second kappa shape index (κ2) is 7.27. The number of rotatable bonds is 3. The van der Waals surface area contributed by atoms with Crippen molar-refractivity contribution < 1.29 is 14.7 Å². The third kappa shape index (κ3) is 4.20. The maximum atomic E-state index is 12.3. The van der Waals surface area contributed by atoms with Crippen LogP contribution in [0.5, 0.6) is 0 Å². The van der Waals surface area contributed by atoms with Gasteiger partial charge in [0.1, 0.15) is 0 Å². The first-order chi connectivity index (χ1) is 9.99. The van der Waals surface area contributed by atoms with E-state index < -0.39 is 11.9 Å². The van der Waals surface area contributed by atoms with Crippen LogP contribution in [0, 0.1) is 5.92 Å². The van der Waals surface area contributed by atoms with Crippen molar-refractivity contribution in [2.24, 2.45) is 5.92 Å². The Morgan fingerprint density at radius 3 is 2.62 bits per heavy atom. The Labute approximate surface area is 137 Å². The maximum absolute atomic E-state index is 12.3. The van der Waals surface area contributed by atoms with E-state index in [1.54, 1.807) is 18.2 Å². The van der Waals surface area contributed by atoms with E-state index in [-0.39, 0.29) is 11.9 Å². The molecule has 6 heteroatoms. The molecule has 0 saturated heterocycles. The molecule has 1 aromatic carbocycles. The predicted molar refractivity (Wildman–Crippen MR) is 84.6 cm³/mol. The summed E-state index contributed by atoms with van der Waals surface area (Å²) in [5, 5.41) is 12.6. The molecule has 2 rings (SSSR count). The third-order valence-electron chi connectivity index (χ3n) is 3.83. The minimum atomic E-state index is -0.837. The van der Waals surface area contributed by atoms with Crippen molar-refractivity contribution in [2.75, 3.05) is 0 Å². The highest BCUT2D eigenvalue weighted by molar-refractivity contribution is 9.10. The summed E-state index contributed by atoms with van der Waals surface area (Å²) in [5.74, 6) is -1.62. The summed E-state index contributed by atoms with van der Waals surface area (Å²) in [7, 11) is 0. The van der Waals surface area contributed by atoms with Crippen LogP contribution in [-0.4, -0.2) is 23.0 Å². The van der Waals surface area contributed by atoms with Crippen LogP contribution in [0.2, 0.25) is 5.02 Å². The Morgan fingerprint density at radius 2 is 1.95 bits per heavy atom. The van der Waals surface area contributed by atoms with E-state index in [2.05, 4.69) is 21.2 Å². The van der Waals surface area contributed by atoms with Crippen LogP contribution in [0.3, 0.4) is 0 Å². The van der Waals surface area contributed by atoms with Crippen molar-refractivity contribution in [3.05, 3.63) is 33.3 Å². The first kappa shape index (κ1) is 16.3. The Kier molecular flexibility index (Phi) is 5.65. The number of aliphatic carboxylic acids is 1. The number of hydrogen-bond acceptors (Lipinski definition) is 2. The summed E-state index contributed by atoms with van der Waals surface area (Å²) in [4.78, 5) is 23.6. The van der Waals surface area contributed by atoms with Crippen molar-refractivity contribution in [3.8, 4) is 0 Å². The Hall–Kier alpha value is -1.07. The standard InChI is InChI=1S/C15H17BrClNO3/c16-11-7-6-9(8-12(11)17)14(19)18-13-5-3-1-2-4-10(13)15(20)21/h6-8,10,13H,1-5H2,(H,18,19)(H,20,21). The van der Waals surface area contributed by atoms with Crippen LogP contribution >= 0.6 is 27.5 Å². The molecule has 0 aromatic heterocycles. The average molecular weight is 375 g/mol. The molecule has 1 aromatic rings. The monoisotopic (exact) mass is 373 g/mol. The van der Waals surface area contributed by atoms with Crippen LogP contribution < -0.4 is 5.32 Å². The van der Waals surface area contributed by atoms with Crippen molar-refractivity contribution in [3.63, 3.8) is 0 Å². The molecule has 0 aliphatic heterocycles. The number of carbonyl (C=O) groups excluding carboxylic acids is 1. The summed E-state index contributed by atoms with van der Waals surface area (Å²) in [6.07, 6.45) is 4.16. The van der Waals surface area contributed by atoms with Crippen molar-refractivity contribution in [1.29, 1.82) is 0 Å². The van der Waals surface area contributed by atoms with Gasteiger partial charge < -0.3 is 10.4 Å². The number of carbonyl (C=O) groups is 2. The molecule has 2 N–H and O–H groups in total. The van der Waals surface area contributed by atoms with E-state index in [1.807, 2.05) is 0 Å². The van der Waals surface area contributed by atoms with Gasteiger partial charge in [0, 0.05) is 16.1 Å². The second-order valence-electron chi connectivity index (χ2n) is 5.29. The molecule has 1 amide bonds. The Morgan fingerprint density at radius 1 is 1.24 bits per heavy atom. The summed E-state index contributed by atoms with van der Waals surface area (Å²) < 4.78 is 0.721. The number of hydrogen-bond donors (Lipinski definition) is 2. The van der Waals surface area contributed by atoms with Crippen LogP contribution in [0.15, 0.2) is 22.7 Å². The highest BCUT2D eigenvalue weighted by Crippen LogP contribution is 2.26. The molecule has 2 unspecified atom stereocenters. The van der Waals surface area contributed by atoms with Gasteiger partial charge in [0.25, 0.3) is 5.91 Å². The number of benzene rings is 1. The van der Waals surface area contributed by atoms with Gasteiger partial charge >= 0.3 is 5.97 Å². The first-order valence-electron chi connectivity index (χ1n) is 6.98. The number of amides is 1. The Bertz CT molecular complexity index is 550. The molecule has 1 aliphatic rings. The SMILES string of the molecule is O=C(NC1CCCCCC1C(=O)O)c1ccc(Br)c(Cl)c1. The van der Waals surface area contributed by atoms with Gasteiger partial charge in [-0.15, -0.1) is 0 Å². The van der Waals surface area contributed by atoms with E-state index >= 15 is 0 Å². The zero-order valence-electron chi connectivity index (χ0n) is 11.4. The lowest BCUT2D eigenvalue weighted by atomic mass is 9.94. The molecule has 1 aliphatic carbocycles. The molecular weight excluding hydrogens is 358 g/mol.